The van der Waals surface area contributed by atoms with Crippen LogP contribution < -0.4 is 5.43 Å². The van der Waals surface area contributed by atoms with Crippen molar-refractivity contribution in [2.24, 2.45) is 11.0 Å². The lowest BCUT2D eigenvalue weighted by Gasteiger charge is -2.14. The molecule has 5 heteroatoms. The van der Waals surface area contributed by atoms with Gasteiger partial charge in [0.05, 0.1) is 5.69 Å². The Morgan fingerprint density at radius 1 is 1.17 bits per heavy atom. The number of anilines is 1. The van der Waals surface area contributed by atoms with Gasteiger partial charge in [-0.15, -0.1) is 0 Å². The Hall–Kier alpha value is -2.04. The standard InChI is InChI=1S/C13H13FN2O2/c14-9-4-6-10(7-5-9)16-15-8-11-12(17)2-1-3-13(11)18/h4-8,11,16H,1-3H2/b15-8+. The first kappa shape index (κ1) is 12.4. The molecule has 0 saturated heterocycles. The molecule has 1 N–H and O–H groups in total. The van der Waals surface area contributed by atoms with Crippen LogP contribution in [0.25, 0.3) is 0 Å². The van der Waals surface area contributed by atoms with Crippen LogP contribution in [-0.2, 0) is 9.59 Å². The Morgan fingerprint density at radius 3 is 2.39 bits per heavy atom. The summed E-state index contributed by atoms with van der Waals surface area (Å²) in [5, 5.41) is 3.86. The minimum Gasteiger partial charge on any atom is -0.298 e. The van der Waals surface area contributed by atoms with Crippen LogP contribution in [0.3, 0.4) is 0 Å². The summed E-state index contributed by atoms with van der Waals surface area (Å²) in [6.45, 7) is 0. The molecule has 94 valence electrons. The van der Waals surface area contributed by atoms with Gasteiger partial charge in [0.25, 0.3) is 0 Å². The second-order valence-corrected chi connectivity index (χ2v) is 4.16. The Bertz CT molecular complexity index is 466. The molecule has 0 amide bonds. The van der Waals surface area contributed by atoms with Crippen molar-refractivity contribution in [2.45, 2.75) is 19.3 Å². The maximum Gasteiger partial charge on any atom is 0.148 e. The SMILES string of the molecule is O=C1CCCC(=O)C1/C=N/Nc1ccc(F)cc1. The molecule has 0 heterocycles. The average Bonchev–Trinajstić information content (AvgIpc) is 2.35. The number of carbonyl (C=O) groups is 2. The van der Waals surface area contributed by atoms with Gasteiger partial charge in [-0.25, -0.2) is 4.39 Å². The lowest BCUT2D eigenvalue weighted by atomic mass is 9.88. The third-order valence-corrected chi connectivity index (χ3v) is 2.80. The summed E-state index contributed by atoms with van der Waals surface area (Å²) in [6, 6.07) is 5.65. The second-order valence-electron chi connectivity index (χ2n) is 4.16. The van der Waals surface area contributed by atoms with E-state index >= 15 is 0 Å². The zero-order chi connectivity index (χ0) is 13.0. The summed E-state index contributed by atoms with van der Waals surface area (Å²) in [4.78, 5) is 23.0. The average molecular weight is 248 g/mol. The Labute approximate surface area is 104 Å². The van der Waals surface area contributed by atoms with E-state index in [4.69, 9.17) is 0 Å². The molecule has 1 fully saturated rings. The van der Waals surface area contributed by atoms with Crippen molar-refractivity contribution >= 4 is 23.5 Å². The number of rotatable bonds is 3. The second kappa shape index (κ2) is 5.53. The van der Waals surface area contributed by atoms with E-state index in [1.165, 1.54) is 30.5 Å². The van der Waals surface area contributed by atoms with Gasteiger partial charge in [0.2, 0.25) is 0 Å². The summed E-state index contributed by atoms with van der Waals surface area (Å²) in [6.07, 6.45) is 2.82. The van der Waals surface area contributed by atoms with E-state index in [0.717, 1.165) is 0 Å². The Balaban J connectivity index is 1.96. The van der Waals surface area contributed by atoms with Gasteiger partial charge in [-0.2, -0.15) is 5.10 Å². The molecule has 1 saturated carbocycles. The van der Waals surface area contributed by atoms with Gasteiger partial charge in [0.15, 0.2) is 0 Å². The van der Waals surface area contributed by atoms with Crippen molar-refractivity contribution < 1.29 is 14.0 Å². The fourth-order valence-corrected chi connectivity index (χ4v) is 1.80. The number of nitrogens with one attached hydrogen (secondary N) is 1. The maximum atomic E-state index is 12.6. The van der Waals surface area contributed by atoms with Crippen LogP contribution >= 0.6 is 0 Å². The minimum absolute atomic E-state index is 0.0871. The summed E-state index contributed by atoms with van der Waals surface area (Å²) in [7, 11) is 0. The Kier molecular flexibility index (Phi) is 3.82. The van der Waals surface area contributed by atoms with Crippen molar-refractivity contribution in [3.8, 4) is 0 Å². The highest BCUT2D eigenvalue weighted by Crippen LogP contribution is 2.16. The number of halogens is 1. The molecule has 2 rings (SSSR count). The zero-order valence-corrected chi connectivity index (χ0v) is 9.73. The van der Waals surface area contributed by atoms with Crippen molar-refractivity contribution in [3.63, 3.8) is 0 Å². The van der Waals surface area contributed by atoms with Crippen molar-refractivity contribution in [1.29, 1.82) is 0 Å². The van der Waals surface area contributed by atoms with Gasteiger partial charge in [-0.3, -0.25) is 15.0 Å². The van der Waals surface area contributed by atoms with Crippen molar-refractivity contribution in [3.05, 3.63) is 30.1 Å². The van der Waals surface area contributed by atoms with Crippen LogP contribution in [0.15, 0.2) is 29.4 Å². The van der Waals surface area contributed by atoms with Crippen LogP contribution in [0.5, 0.6) is 0 Å². The molecule has 1 aromatic carbocycles. The Morgan fingerprint density at radius 2 is 1.78 bits per heavy atom. The molecular formula is C13H13FN2O2. The van der Waals surface area contributed by atoms with E-state index in [9.17, 15) is 14.0 Å². The first-order valence-corrected chi connectivity index (χ1v) is 5.77. The first-order valence-electron chi connectivity index (χ1n) is 5.77. The lowest BCUT2D eigenvalue weighted by molar-refractivity contribution is -0.132. The van der Waals surface area contributed by atoms with E-state index in [2.05, 4.69) is 10.5 Å². The number of nitrogens with zero attached hydrogens (tertiary/aromatic N) is 1. The van der Waals surface area contributed by atoms with E-state index in [1.807, 2.05) is 0 Å². The van der Waals surface area contributed by atoms with Gasteiger partial charge in [0, 0.05) is 19.1 Å². The molecule has 0 atom stereocenters. The third-order valence-electron chi connectivity index (χ3n) is 2.80. The van der Waals surface area contributed by atoms with Crippen molar-refractivity contribution in [1.82, 2.24) is 0 Å². The predicted molar refractivity (Wildman–Crippen MR) is 65.9 cm³/mol. The molecule has 0 spiro atoms. The first-order chi connectivity index (χ1) is 8.66. The van der Waals surface area contributed by atoms with E-state index in [1.54, 1.807) is 0 Å². The van der Waals surface area contributed by atoms with Gasteiger partial charge in [-0.1, -0.05) is 0 Å². The fraction of sp³-hybridized carbons (Fsp3) is 0.308. The number of hydrazone groups is 1. The molecule has 1 aromatic rings. The molecule has 4 nitrogen and oxygen atoms in total. The number of hydrogen-bond donors (Lipinski definition) is 1. The minimum atomic E-state index is -0.730. The molecular weight excluding hydrogens is 235 g/mol. The van der Waals surface area contributed by atoms with Crippen LogP contribution in [0.2, 0.25) is 0 Å². The van der Waals surface area contributed by atoms with Gasteiger partial charge < -0.3 is 0 Å². The topological polar surface area (TPSA) is 58.5 Å². The smallest absolute Gasteiger partial charge is 0.148 e. The molecule has 0 bridgehead atoms. The van der Waals surface area contributed by atoms with Crippen LogP contribution in [0, 0.1) is 11.7 Å². The largest absolute Gasteiger partial charge is 0.298 e. The quantitative estimate of drug-likeness (QED) is 0.506. The molecule has 0 aliphatic heterocycles. The highest BCUT2D eigenvalue weighted by molar-refractivity contribution is 6.15. The van der Waals surface area contributed by atoms with Gasteiger partial charge >= 0.3 is 0 Å². The molecule has 1 aliphatic carbocycles. The van der Waals surface area contributed by atoms with Crippen LogP contribution in [-0.4, -0.2) is 17.8 Å². The summed E-state index contributed by atoms with van der Waals surface area (Å²) in [5.41, 5.74) is 3.26. The van der Waals surface area contributed by atoms with E-state index in [-0.39, 0.29) is 17.4 Å². The monoisotopic (exact) mass is 248 g/mol. The number of benzene rings is 1. The number of ketones is 2. The zero-order valence-electron chi connectivity index (χ0n) is 9.73. The summed E-state index contributed by atoms with van der Waals surface area (Å²) < 4.78 is 12.6. The molecule has 0 aromatic heterocycles. The maximum absolute atomic E-state index is 12.6. The highest BCUT2D eigenvalue weighted by Gasteiger charge is 2.28. The molecule has 0 radical (unpaired) electrons. The summed E-state index contributed by atoms with van der Waals surface area (Å²) in [5.74, 6) is -1.24. The molecule has 18 heavy (non-hydrogen) atoms. The van der Waals surface area contributed by atoms with Crippen LogP contribution in [0.4, 0.5) is 10.1 Å². The highest BCUT2D eigenvalue weighted by atomic mass is 19.1. The van der Waals surface area contributed by atoms with E-state index < -0.39 is 5.92 Å². The lowest BCUT2D eigenvalue weighted by Crippen LogP contribution is -2.29. The number of Topliss-reactive ketones (excluding diaryl/α,β-unsaturated/α-hetero) is 2. The summed E-state index contributed by atoms with van der Waals surface area (Å²) >= 11 is 0. The van der Waals surface area contributed by atoms with Gasteiger partial charge in [0.1, 0.15) is 23.3 Å². The number of carbonyl (C=O) groups excluding carboxylic acids is 2. The number of hydrogen-bond acceptors (Lipinski definition) is 4. The van der Waals surface area contributed by atoms with Gasteiger partial charge in [-0.05, 0) is 30.7 Å². The van der Waals surface area contributed by atoms with Crippen LogP contribution in [0.1, 0.15) is 19.3 Å². The van der Waals surface area contributed by atoms with E-state index in [0.29, 0.717) is 24.9 Å². The third kappa shape index (κ3) is 3.00. The molecule has 1 aliphatic rings. The normalized spacial score (nSPS) is 17.4. The molecule has 0 unspecified atom stereocenters. The van der Waals surface area contributed by atoms with Crippen molar-refractivity contribution in [2.75, 3.05) is 5.43 Å². The fourth-order valence-electron chi connectivity index (χ4n) is 1.80. The predicted octanol–water partition coefficient (Wildman–Crippen LogP) is 2.16.